The molecule has 0 aliphatic carbocycles. The van der Waals surface area contributed by atoms with Gasteiger partial charge >= 0.3 is 0 Å². The van der Waals surface area contributed by atoms with Crippen LogP contribution in [0, 0.1) is 6.92 Å². The number of para-hydroxylation sites is 1. The third-order valence-electron chi connectivity index (χ3n) is 3.10. The Hall–Kier alpha value is -2.47. The summed E-state index contributed by atoms with van der Waals surface area (Å²) in [4.78, 5) is 12.4. The Morgan fingerprint density at radius 2 is 2.10 bits per heavy atom. The van der Waals surface area contributed by atoms with Crippen LogP contribution in [0.25, 0.3) is 10.9 Å². The molecule has 0 spiro atoms. The Balaban J connectivity index is 1.66. The molecule has 6 nitrogen and oxygen atoms in total. The molecule has 0 aliphatic rings. The maximum Gasteiger partial charge on any atom is 0.224 e. The lowest BCUT2D eigenvalue weighted by molar-refractivity contribution is 0.0910. The van der Waals surface area contributed by atoms with Gasteiger partial charge < -0.3 is 14.4 Å². The minimum Gasteiger partial charge on any atom is -0.474 e. The molecule has 0 radical (unpaired) electrons. The zero-order chi connectivity index (χ0) is 14.7. The van der Waals surface area contributed by atoms with E-state index in [1.165, 1.54) is 6.33 Å². The summed E-state index contributed by atoms with van der Waals surface area (Å²) in [5, 5.41) is 10.9. The zero-order valence-corrected chi connectivity index (χ0v) is 11.7. The molecule has 108 valence electrons. The minimum absolute atomic E-state index is 0.165. The van der Waals surface area contributed by atoms with Gasteiger partial charge in [0.05, 0.1) is 29.5 Å². The molecule has 1 aromatic carbocycles. The Bertz CT molecular complexity index is 736. The maximum absolute atomic E-state index is 10.0. The standard InChI is InChI=1S/C15H16N4O2/c1-11-6-19(10-18-11)7-12(20)8-21-15-13-4-2-3-5-14(13)16-9-17-15/h2-6,9-10,12,20H,7-8H2,1H3. The molecule has 0 saturated carbocycles. The topological polar surface area (TPSA) is 73.1 Å². The lowest BCUT2D eigenvalue weighted by Crippen LogP contribution is -2.23. The van der Waals surface area contributed by atoms with E-state index < -0.39 is 6.10 Å². The summed E-state index contributed by atoms with van der Waals surface area (Å²) < 4.78 is 7.46. The number of rotatable bonds is 5. The van der Waals surface area contributed by atoms with Gasteiger partial charge in [0.25, 0.3) is 0 Å². The van der Waals surface area contributed by atoms with Crippen LogP contribution in [0.15, 0.2) is 43.1 Å². The van der Waals surface area contributed by atoms with Crippen molar-refractivity contribution < 1.29 is 9.84 Å². The van der Waals surface area contributed by atoms with Crippen LogP contribution in [0.3, 0.4) is 0 Å². The second kappa shape index (κ2) is 5.88. The number of ether oxygens (including phenoxy) is 1. The van der Waals surface area contributed by atoms with E-state index in [9.17, 15) is 5.11 Å². The molecule has 0 aliphatic heterocycles. The van der Waals surface area contributed by atoms with Crippen LogP contribution in [0.4, 0.5) is 0 Å². The summed E-state index contributed by atoms with van der Waals surface area (Å²) in [6.45, 7) is 2.51. The van der Waals surface area contributed by atoms with Crippen LogP contribution < -0.4 is 4.74 Å². The summed E-state index contributed by atoms with van der Waals surface area (Å²) in [5.41, 5.74) is 1.74. The van der Waals surface area contributed by atoms with Gasteiger partial charge in [0.1, 0.15) is 19.0 Å². The molecular formula is C15H16N4O2. The van der Waals surface area contributed by atoms with E-state index in [1.807, 2.05) is 42.0 Å². The summed E-state index contributed by atoms with van der Waals surface area (Å²) in [7, 11) is 0. The van der Waals surface area contributed by atoms with Crippen LogP contribution >= 0.6 is 0 Å². The number of imidazole rings is 1. The van der Waals surface area contributed by atoms with E-state index >= 15 is 0 Å². The van der Waals surface area contributed by atoms with E-state index in [4.69, 9.17) is 4.74 Å². The summed E-state index contributed by atoms with van der Waals surface area (Å²) >= 11 is 0. The van der Waals surface area contributed by atoms with Crippen molar-refractivity contribution >= 4 is 10.9 Å². The van der Waals surface area contributed by atoms with Crippen LogP contribution in [0.2, 0.25) is 0 Å². The number of fused-ring (bicyclic) bond motifs is 1. The van der Waals surface area contributed by atoms with Crippen LogP contribution in [0.1, 0.15) is 5.69 Å². The van der Waals surface area contributed by atoms with E-state index in [1.54, 1.807) is 6.33 Å². The highest BCUT2D eigenvalue weighted by Gasteiger charge is 2.09. The quantitative estimate of drug-likeness (QED) is 0.770. The molecule has 1 unspecified atom stereocenters. The first-order valence-corrected chi connectivity index (χ1v) is 6.71. The molecule has 0 amide bonds. The second-order valence-corrected chi connectivity index (χ2v) is 4.87. The number of aromatic nitrogens is 4. The highest BCUT2D eigenvalue weighted by molar-refractivity contribution is 5.82. The number of aliphatic hydroxyl groups is 1. The zero-order valence-electron chi connectivity index (χ0n) is 11.7. The first kappa shape index (κ1) is 13.5. The van der Waals surface area contributed by atoms with Crippen LogP contribution in [0.5, 0.6) is 5.88 Å². The third-order valence-corrected chi connectivity index (χ3v) is 3.10. The molecule has 0 bridgehead atoms. The smallest absolute Gasteiger partial charge is 0.224 e. The molecular weight excluding hydrogens is 268 g/mol. The van der Waals surface area contributed by atoms with Gasteiger partial charge in [0, 0.05) is 6.20 Å². The Labute approximate surface area is 122 Å². The molecule has 3 rings (SSSR count). The Morgan fingerprint density at radius 3 is 2.90 bits per heavy atom. The molecule has 1 N–H and O–H groups in total. The van der Waals surface area contributed by atoms with Crippen molar-refractivity contribution in [2.75, 3.05) is 6.61 Å². The highest BCUT2D eigenvalue weighted by atomic mass is 16.5. The molecule has 2 heterocycles. The van der Waals surface area contributed by atoms with Crippen molar-refractivity contribution in [2.24, 2.45) is 0 Å². The van der Waals surface area contributed by atoms with Crippen molar-refractivity contribution in [3.05, 3.63) is 48.8 Å². The molecule has 2 aromatic heterocycles. The number of nitrogens with zero attached hydrogens (tertiary/aromatic N) is 4. The van der Waals surface area contributed by atoms with Crippen molar-refractivity contribution in [2.45, 2.75) is 19.6 Å². The van der Waals surface area contributed by atoms with Gasteiger partial charge in [-0.3, -0.25) is 0 Å². The number of aliphatic hydroxyl groups excluding tert-OH is 1. The molecule has 21 heavy (non-hydrogen) atoms. The number of benzene rings is 1. The monoisotopic (exact) mass is 284 g/mol. The van der Waals surface area contributed by atoms with Gasteiger partial charge in [-0.2, -0.15) is 0 Å². The highest BCUT2D eigenvalue weighted by Crippen LogP contribution is 2.20. The average molecular weight is 284 g/mol. The van der Waals surface area contributed by atoms with Gasteiger partial charge in [-0.1, -0.05) is 12.1 Å². The molecule has 6 heteroatoms. The van der Waals surface area contributed by atoms with Gasteiger partial charge in [-0.25, -0.2) is 15.0 Å². The predicted octanol–water partition coefficient (Wildman–Crippen LogP) is 1.57. The van der Waals surface area contributed by atoms with Gasteiger partial charge in [-0.05, 0) is 19.1 Å². The number of hydrogen-bond acceptors (Lipinski definition) is 5. The lowest BCUT2D eigenvalue weighted by Gasteiger charge is -2.13. The van der Waals surface area contributed by atoms with Crippen molar-refractivity contribution in [1.82, 2.24) is 19.5 Å². The molecule has 3 aromatic rings. The molecule has 1 atom stereocenters. The average Bonchev–Trinajstić information content (AvgIpc) is 2.90. The molecule has 0 fully saturated rings. The predicted molar refractivity (Wildman–Crippen MR) is 78.0 cm³/mol. The number of aryl methyl sites for hydroxylation is 1. The second-order valence-electron chi connectivity index (χ2n) is 4.87. The van der Waals surface area contributed by atoms with Gasteiger partial charge in [0.15, 0.2) is 0 Å². The maximum atomic E-state index is 10.0. The first-order valence-electron chi connectivity index (χ1n) is 6.71. The van der Waals surface area contributed by atoms with Crippen LogP contribution in [-0.4, -0.2) is 37.3 Å². The van der Waals surface area contributed by atoms with Crippen molar-refractivity contribution in [3.8, 4) is 5.88 Å². The fourth-order valence-corrected chi connectivity index (χ4v) is 2.14. The largest absolute Gasteiger partial charge is 0.474 e. The van der Waals surface area contributed by atoms with Gasteiger partial charge in [0.2, 0.25) is 5.88 Å². The number of hydrogen-bond donors (Lipinski definition) is 1. The summed E-state index contributed by atoms with van der Waals surface area (Å²) in [6, 6.07) is 7.61. The normalized spacial score (nSPS) is 12.5. The van der Waals surface area contributed by atoms with E-state index in [0.717, 1.165) is 16.6 Å². The Kier molecular flexibility index (Phi) is 3.79. The lowest BCUT2D eigenvalue weighted by atomic mass is 10.2. The summed E-state index contributed by atoms with van der Waals surface area (Å²) in [5.74, 6) is 0.487. The van der Waals surface area contributed by atoms with E-state index in [-0.39, 0.29) is 6.61 Å². The van der Waals surface area contributed by atoms with E-state index in [2.05, 4.69) is 15.0 Å². The van der Waals surface area contributed by atoms with E-state index in [0.29, 0.717) is 12.4 Å². The van der Waals surface area contributed by atoms with Crippen LogP contribution in [-0.2, 0) is 6.54 Å². The third kappa shape index (κ3) is 3.17. The molecule has 0 saturated heterocycles. The Morgan fingerprint density at radius 1 is 1.24 bits per heavy atom. The SMILES string of the molecule is Cc1cn(CC(O)COc2ncnc3ccccc23)cn1. The van der Waals surface area contributed by atoms with Gasteiger partial charge in [-0.15, -0.1) is 0 Å². The fraction of sp³-hybridized carbons (Fsp3) is 0.267. The summed E-state index contributed by atoms with van der Waals surface area (Å²) in [6.07, 6.45) is 4.40. The first-order chi connectivity index (χ1) is 10.2. The van der Waals surface area contributed by atoms with Crippen molar-refractivity contribution in [1.29, 1.82) is 0 Å². The minimum atomic E-state index is -0.632. The van der Waals surface area contributed by atoms with Crippen molar-refractivity contribution in [3.63, 3.8) is 0 Å². The fourth-order valence-electron chi connectivity index (χ4n) is 2.14.